The van der Waals surface area contributed by atoms with Gasteiger partial charge in [0.05, 0.1) is 4.90 Å². The molecule has 1 heterocycles. The number of aromatic nitrogens is 2. The molecule has 0 fully saturated rings. The number of halogens is 1. The van der Waals surface area contributed by atoms with Crippen molar-refractivity contribution < 1.29 is 8.42 Å². The highest BCUT2D eigenvalue weighted by Crippen LogP contribution is 2.20. The largest absolute Gasteiger partial charge is 0.225 e. The molecule has 0 aliphatic rings. The molecule has 0 N–H and O–H groups in total. The minimum atomic E-state index is -3.61. The topological polar surface area (TPSA) is 59.9 Å². The molecular weight excluding hydrogens is 260 g/mol. The Morgan fingerprint density at radius 2 is 1.76 bits per heavy atom. The van der Waals surface area contributed by atoms with Gasteiger partial charge >= 0.3 is 0 Å². The summed E-state index contributed by atoms with van der Waals surface area (Å²) in [5.41, 5.74) is 0.990. The van der Waals surface area contributed by atoms with Crippen molar-refractivity contribution in [3.8, 4) is 0 Å². The fourth-order valence-corrected chi connectivity index (χ4v) is 2.70. The van der Waals surface area contributed by atoms with Crippen LogP contribution >= 0.6 is 11.6 Å². The summed E-state index contributed by atoms with van der Waals surface area (Å²) >= 11 is 5.65. The molecule has 4 nitrogen and oxygen atoms in total. The SMILES string of the molecule is Cc1ccc(S(=O)(=O)c2cc(Cl)ncn2)cc1. The van der Waals surface area contributed by atoms with E-state index in [0.29, 0.717) is 0 Å². The summed E-state index contributed by atoms with van der Waals surface area (Å²) in [6, 6.07) is 7.78. The van der Waals surface area contributed by atoms with Gasteiger partial charge in [0.25, 0.3) is 0 Å². The van der Waals surface area contributed by atoms with E-state index in [9.17, 15) is 8.42 Å². The summed E-state index contributed by atoms with van der Waals surface area (Å²) < 4.78 is 24.3. The number of nitrogens with zero attached hydrogens (tertiary/aromatic N) is 2. The highest BCUT2D eigenvalue weighted by molar-refractivity contribution is 7.91. The molecule has 0 radical (unpaired) electrons. The zero-order chi connectivity index (χ0) is 12.5. The number of sulfone groups is 1. The maximum atomic E-state index is 12.1. The van der Waals surface area contributed by atoms with E-state index in [1.807, 2.05) is 6.92 Å². The quantitative estimate of drug-likeness (QED) is 0.784. The molecule has 0 amide bonds. The standard InChI is InChI=1S/C11H9ClN2O2S/c1-8-2-4-9(5-3-8)17(15,16)11-6-10(12)13-7-14-11/h2-7H,1H3. The van der Waals surface area contributed by atoms with Crippen LogP contribution in [0.15, 0.2) is 46.6 Å². The van der Waals surface area contributed by atoms with Crippen LogP contribution in [0.4, 0.5) is 0 Å². The van der Waals surface area contributed by atoms with E-state index in [2.05, 4.69) is 9.97 Å². The summed E-state index contributed by atoms with van der Waals surface area (Å²) in [6.07, 6.45) is 1.13. The third-order valence-electron chi connectivity index (χ3n) is 2.22. The first-order valence-corrected chi connectivity index (χ1v) is 6.65. The Kier molecular flexibility index (Phi) is 3.13. The molecule has 0 unspecified atom stereocenters. The highest BCUT2D eigenvalue weighted by Gasteiger charge is 2.19. The Morgan fingerprint density at radius 1 is 1.12 bits per heavy atom. The summed E-state index contributed by atoms with van der Waals surface area (Å²) in [6.45, 7) is 1.89. The number of aryl methyl sites for hydroxylation is 1. The molecule has 88 valence electrons. The molecular formula is C11H9ClN2O2S. The van der Waals surface area contributed by atoms with E-state index in [0.717, 1.165) is 11.9 Å². The second-order valence-electron chi connectivity index (χ2n) is 3.50. The lowest BCUT2D eigenvalue weighted by molar-refractivity contribution is 0.592. The van der Waals surface area contributed by atoms with E-state index in [1.54, 1.807) is 24.3 Å². The number of hydrogen-bond donors (Lipinski definition) is 0. The lowest BCUT2D eigenvalue weighted by Gasteiger charge is -2.03. The average molecular weight is 269 g/mol. The molecule has 0 aliphatic heterocycles. The Labute approximate surface area is 104 Å². The zero-order valence-corrected chi connectivity index (χ0v) is 10.5. The Hall–Kier alpha value is -1.46. The maximum absolute atomic E-state index is 12.1. The third kappa shape index (κ3) is 2.45. The molecule has 0 spiro atoms. The summed E-state index contributed by atoms with van der Waals surface area (Å²) in [7, 11) is -3.61. The Balaban J connectivity index is 2.54. The van der Waals surface area contributed by atoms with Crippen molar-refractivity contribution in [1.82, 2.24) is 9.97 Å². The van der Waals surface area contributed by atoms with E-state index >= 15 is 0 Å². The fraction of sp³-hybridized carbons (Fsp3) is 0.0909. The van der Waals surface area contributed by atoms with Crippen LogP contribution in [0.1, 0.15) is 5.56 Å². The van der Waals surface area contributed by atoms with Gasteiger partial charge in [0, 0.05) is 6.07 Å². The monoisotopic (exact) mass is 268 g/mol. The second-order valence-corrected chi connectivity index (χ2v) is 5.78. The Morgan fingerprint density at radius 3 is 2.35 bits per heavy atom. The van der Waals surface area contributed by atoms with E-state index in [4.69, 9.17) is 11.6 Å². The molecule has 0 atom stereocenters. The number of rotatable bonds is 2. The molecule has 0 saturated heterocycles. The van der Waals surface area contributed by atoms with Gasteiger partial charge in [0.15, 0.2) is 5.03 Å². The zero-order valence-electron chi connectivity index (χ0n) is 8.96. The highest BCUT2D eigenvalue weighted by atomic mass is 35.5. The van der Waals surface area contributed by atoms with Gasteiger partial charge in [-0.2, -0.15) is 0 Å². The van der Waals surface area contributed by atoms with Crippen LogP contribution in [0.3, 0.4) is 0 Å². The molecule has 2 aromatic rings. The van der Waals surface area contributed by atoms with Crippen molar-refractivity contribution >= 4 is 21.4 Å². The van der Waals surface area contributed by atoms with Crippen LogP contribution in [-0.4, -0.2) is 18.4 Å². The molecule has 0 aliphatic carbocycles. The molecule has 0 bridgehead atoms. The maximum Gasteiger partial charge on any atom is 0.224 e. The molecule has 0 saturated carbocycles. The van der Waals surface area contributed by atoms with E-state index in [-0.39, 0.29) is 15.1 Å². The molecule has 6 heteroatoms. The van der Waals surface area contributed by atoms with Crippen molar-refractivity contribution in [2.45, 2.75) is 16.8 Å². The van der Waals surface area contributed by atoms with Gasteiger partial charge in [0.1, 0.15) is 11.5 Å². The van der Waals surface area contributed by atoms with Crippen LogP contribution in [0.2, 0.25) is 5.15 Å². The van der Waals surface area contributed by atoms with Gasteiger partial charge in [0.2, 0.25) is 9.84 Å². The van der Waals surface area contributed by atoms with Crippen molar-refractivity contribution in [2.75, 3.05) is 0 Å². The van der Waals surface area contributed by atoms with Crippen molar-refractivity contribution in [1.29, 1.82) is 0 Å². The van der Waals surface area contributed by atoms with Crippen LogP contribution in [-0.2, 0) is 9.84 Å². The Bertz CT molecular complexity index is 639. The minimum Gasteiger partial charge on any atom is -0.225 e. The summed E-state index contributed by atoms with van der Waals surface area (Å²) in [5.74, 6) is 0. The van der Waals surface area contributed by atoms with Gasteiger partial charge in [-0.15, -0.1) is 0 Å². The first-order valence-electron chi connectivity index (χ1n) is 4.79. The molecule has 17 heavy (non-hydrogen) atoms. The predicted octanol–water partition coefficient (Wildman–Crippen LogP) is 2.27. The van der Waals surface area contributed by atoms with Gasteiger partial charge < -0.3 is 0 Å². The van der Waals surface area contributed by atoms with Gasteiger partial charge in [-0.1, -0.05) is 29.3 Å². The van der Waals surface area contributed by atoms with Crippen LogP contribution < -0.4 is 0 Å². The first-order chi connectivity index (χ1) is 8.00. The average Bonchev–Trinajstić information content (AvgIpc) is 2.29. The lowest BCUT2D eigenvalue weighted by Crippen LogP contribution is -2.04. The van der Waals surface area contributed by atoms with Crippen LogP contribution in [0, 0.1) is 6.92 Å². The summed E-state index contributed by atoms with van der Waals surface area (Å²) in [4.78, 5) is 7.57. The second kappa shape index (κ2) is 4.43. The van der Waals surface area contributed by atoms with Crippen molar-refractivity contribution in [3.63, 3.8) is 0 Å². The third-order valence-corrected chi connectivity index (χ3v) is 4.09. The van der Waals surface area contributed by atoms with Gasteiger partial charge in [-0.25, -0.2) is 18.4 Å². The smallest absolute Gasteiger partial charge is 0.224 e. The van der Waals surface area contributed by atoms with E-state index in [1.165, 1.54) is 6.07 Å². The minimum absolute atomic E-state index is 0.0960. The van der Waals surface area contributed by atoms with Crippen molar-refractivity contribution in [2.24, 2.45) is 0 Å². The molecule has 2 rings (SSSR count). The first kappa shape index (κ1) is 12.0. The normalized spacial score (nSPS) is 11.4. The van der Waals surface area contributed by atoms with Gasteiger partial charge in [-0.05, 0) is 19.1 Å². The molecule has 1 aromatic heterocycles. The van der Waals surface area contributed by atoms with Crippen molar-refractivity contribution in [3.05, 3.63) is 47.4 Å². The lowest BCUT2D eigenvalue weighted by atomic mass is 10.2. The summed E-state index contributed by atoms with van der Waals surface area (Å²) in [5, 5.41) is 0.00652. The van der Waals surface area contributed by atoms with Crippen LogP contribution in [0.25, 0.3) is 0 Å². The predicted molar refractivity (Wildman–Crippen MR) is 63.7 cm³/mol. The number of benzene rings is 1. The fourth-order valence-electron chi connectivity index (χ4n) is 1.30. The van der Waals surface area contributed by atoms with E-state index < -0.39 is 9.84 Å². The number of hydrogen-bond acceptors (Lipinski definition) is 4. The molecule has 1 aromatic carbocycles. The van der Waals surface area contributed by atoms with Gasteiger partial charge in [-0.3, -0.25) is 0 Å². The van der Waals surface area contributed by atoms with Crippen LogP contribution in [0.5, 0.6) is 0 Å².